The fourth-order valence-corrected chi connectivity index (χ4v) is 0.955. The van der Waals surface area contributed by atoms with Gasteiger partial charge in [0.05, 0.1) is 0 Å². The Kier molecular flexibility index (Phi) is 3.05. The molecular weight excluding hydrogens is 157 g/mol. The van der Waals surface area contributed by atoms with Crippen LogP contribution in [0, 0.1) is 5.82 Å². The molecule has 0 aliphatic rings. The summed E-state index contributed by atoms with van der Waals surface area (Å²) in [7, 11) is 0. The van der Waals surface area contributed by atoms with Crippen LogP contribution in [0.1, 0.15) is 12.5 Å². The molecule has 0 spiro atoms. The first-order valence-corrected chi connectivity index (χ1v) is 3.92. The van der Waals surface area contributed by atoms with Gasteiger partial charge in [-0.2, -0.15) is 0 Å². The van der Waals surface area contributed by atoms with E-state index in [0.717, 1.165) is 6.54 Å². The molecule has 0 amide bonds. The van der Waals surface area contributed by atoms with E-state index in [9.17, 15) is 9.50 Å². The zero-order chi connectivity index (χ0) is 8.97. The summed E-state index contributed by atoms with van der Waals surface area (Å²) in [6.07, 6.45) is 0. The van der Waals surface area contributed by atoms with Crippen molar-refractivity contribution in [2.75, 3.05) is 6.54 Å². The van der Waals surface area contributed by atoms with Crippen LogP contribution in [0.15, 0.2) is 18.2 Å². The van der Waals surface area contributed by atoms with Crippen LogP contribution in [0.5, 0.6) is 5.75 Å². The molecule has 0 bridgehead atoms. The minimum Gasteiger partial charge on any atom is -0.508 e. The Labute approximate surface area is 71.0 Å². The van der Waals surface area contributed by atoms with E-state index in [1.165, 1.54) is 18.2 Å². The number of halogens is 1. The summed E-state index contributed by atoms with van der Waals surface area (Å²) in [5.74, 6) is -0.182. The van der Waals surface area contributed by atoms with E-state index in [1.807, 2.05) is 6.92 Å². The van der Waals surface area contributed by atoms with Crippen molar-refractivity contribution in [3.05, 3.63) is 29.6 Å². The highest BCUT2D eigenvalue weighted by molar-refractivity contribution is 5.32. The molecule has 1 aromatic rings. The van der Waals surface area contributed by atoms with Gasteiger partial charge >= 0.3 is 0 Å². The Morgan fingerprint density at radius 3 is 2.92 bits per heavy atom. The quantitative estimate of drug-likeness (QED) is 0.721. The SMILES string of the molecule is CCNCc1cc(F)ccc1O. The fraction of sp³-hybridized carbons (Fsp3) is 0.333. The Balaban J connectivity index is 2.75. The molecule has 66 valence electrons. The molecule has 2 N–H and O–H groups in total. The summed E-state index contributed by atoms with van der Waals surface area (Å²) in [6.45, 7) is 3.26. The van der Waals surface area contributed by atoms with Crippen LogP contribution >= 0.6 is 0 Å². The molecule has 12 heavy (non-hydrogen) atoms. The van der Waals surface area contributed by atoms with Crippen LogP contribution in [0.2, 0.25) is 0 Å². The Hall–Kier alpha value is -1.09. The molecule has 0 aromatic heterocycles. The second kappa shape index (κ2) is 4.07. The van der Waals surface area contributed by atoms with Crippen molar-refractivity contribution in [3.8, 4) is 5.75 Å². The fourth-order valence-electron chi connectivity index (χ4n) is 0.955. The van der Waals surface area contributed by atoms with Gasteiger partial charge in [0.15, 0.2) is 0 Å². The van der Waals surface area contributed by atoms with Crippen molar-refractivity contribution in [2.45, 2.75) is 13.5 Å². The number of phenolic OH excluding ortho intramolecular Hbond substituents is 1. The van der Waals surface area contributed by atoms with Gasteiger partial charge in [-0.15, -0.1) is 0 Å². The van der Waals surface area contributed by atoms with Gasteiger partial charge in [-0.1, -0.05) is 6.92 Å². The highest BCUT2D eigenvalue weighted by Crippen LogP contribution is 2.16. The van der Waals surface area contributed by atoms with Crippen molar-refractivity contribution in [1.29, 1.82) is 0 Å². The standard InChI is InChI=1S/C9H12FNO/c1-2-11-6-7-5-8(10)3-4-9(7)12/h3-5,11-12H,2,6H2,1H3. The molecule has 0 aliphatic heterocycles. The topological polar surface area (TPSA) is 32.3 Å². The Bertz CT molecular complexity index is 263. The summed E-state index contributed by atoms with van der Waals surface area (Å²) < 4.78 is 12.6. The predicted octanol–water partition coefficient (Wildman–Crippen LogP) is 1.64. The van der Waals surface area contributed by atoms with E-state index in [0.29, 0.717) is 12.1 Å². The molecule has 1 aromatic carbocycles. The third-order valence-corrected chi connectivity index (χ3v) is 1.61. The summed E-state index contributed by atoms with van der Waals surface area (Å²) in [6, 6.07) is 3.94. The molecule has 0 saturated heterocycles. The van der Waals surface area contributed by atoms with Crippen LogP contribution in [-0.4, -0.2) is 11.7 Å². The molecule has 0 fully saturated rings. The number of phenols is 1. The zero-order valence-corrected chi connectivity index (χ0v) is 6.97. The lowest BCUT2D eigenvalue weighted by Crippen LogP contribution is -2.11. The molecule has 0 unspecified atom stereocenters. The van der Waals surface area contributed by atoms with Crippen LogP contribution in [0.4, 0.5) is 4.39 Å². The molecule has 0 aliphatic carbocycles. The number of rotatable bonds is 3. The second-order valence-corrected chi connectivity index (χ2v) is 2.55. The average Bonchev–Trinajstić information content (AvgIpc) is 2.07. The minimum absolute atomic E-state index is 0.136. The van der Waals surface area contributed by atoms with Crippen LogP contribution in [0.3, 0.4) is 0 Å². The van der Waals surface area contributed by atoms with Gasteiger partial charge in [0, 0.05) is 12.1 Å². The van der Waals surface area contributed by atoms with E-state index >= 15 is 0 Å². The van der Waals surface area contributed by atoms with E-state index in [4.69, 9.17) is 0 Å². The maximum atomic E-state index is 12.6. The van der Waals surface area contributed by atoms with E-state index in [1.54, 1.807) is 0 Å². The Morgan fingerprint density at radius 2 is 2.25 bits per heavy atom. The molecule has 0 saturated carbocycles. The van der Waals surface area contributed by atoms with Crippen molar-refractivity contribution >= 4 is 0 Å². The molecular formula is C9H12FNO. The summed E-state index contributed by atoms with van der Waals surface area (Å²) >= 11 is 0. The number of nitrogens with one attached hydrogen (secondary N) is 1. The summed E-state index contributed by atoms with van der Waals surface area (Å²) in [4.78, 5) is 0. The maximum absolute atomic E-state index is 12.6. The lowest BCUT2D eigenvalue weighted by Gasteiger charge is -2.04. The van der Waals surface area contributed by atoms with Crippen molar-refractivity contribution in [3.63, 3.8) is 0 Å². The van der Waals surface area contributed by atoms with Crippen molar-refractivity contribution in [2.24, 2.45) is 0 Å². The second-order valence-electron chi connectivity index (χ2n) is 2.55. The molecule has 2 nitrogen and oxygen atoms in total. The minimum atomic E-state index is -0.319. The molecule has 3 heteroatoms. The zero-order valence-electron chi connectivity index (χ0n) is 6.97. The monoisotopic (exact) mass is 169 g/mol. The number of benzene rings is 1. The number of hydrogen-bond donors (Lipinski definition) is 2. The van der Waals surface area contributed by atoms with E-state index in [-0.39, 0.29) is 11.6 Å². The van der Waals surface area contributed by atoms with Crippen LogP contribution in [0.25, 0.3) is 0 Å². The first kappa shape index (κ1) is 9.00. The van der Waals surface area contributed by atoms with Crippen LogP contribution in [-0.2, 0) is 6.54 Å². The normalized spacial score (nSPS) is 10.2. The van der Waals surface area contributed by atoms with Gasteiger partial charge in [0.2, 0.25) is 0 Å². The van der Waals surface area contributed by atoms with Gasteiger partial charge in [-0.3, -0.25) is 0 Å². The van der Waals surface area contributed by atoms with Crippen LogP contribution < -0.4 is 5.32 Å². The van der Waals surface area contributed by atoms with Gasteiger partial charge in [0.1, 0.15) is 11.6 Å². The largest absolute Gasteiger partial charge is 0.508 e. The predicted molar refractivity (Wildman–Crippen MR) is 45.4 cm³/mol. The van der Waals surface area contributed by atoms with Gasteiger partial charge < -0.3 is 10.4 Å². The van der Waals surface area contributed by atoms with Crippen molar-refractivity contribution in [1.82, 2.24) is 5.32 Å². The van der Waals surface area contributed by atoms with Gasteiger partial charge in [0.25, 0.3) is 0 Å². The first-order valence-electron chi connectivity index (χ1n) is 3.92. The highest BCUT2D eigenvalue weighted by atomic mass is 19.1. The van der Waals surface area contributed by atoms with Gasteiger partial charge in [-0.25, -0.2) is 4.39 Å². The van der Waals surface area contributed by atoms with Crippen molar-refractivity contribution < 1.29 is 9.50 Å². The molecule has 0 heterocycles. The third kappa shape index (κ3) is 2.20. The lowest BCUT2D eigenvalue weighted by atomic mass is 10.2. The number of hydrogen-bond acceptors (Lipinski definition) is 2. The smallest absolute Gasteiger partial charge is 0.123 e. The third-order valence-electron chi connectivity index (χ3n) is 1.61. The molecule has 0 atom stereocenters. The lowest BCUT2D eigenvalue weighted by molar-refractivity contribution is 0.462. The average molecular weight is 169 g/mol. The summed E-state index contributed by atoms with van der Waals surface area (Å²) in [5, 5.41) is 12.3. The van der Waals surface area contributed by atoms with E-state index < -0.39 is 0 Å². The molecule has 1 rings (SSSR count). The summed E-state index contributed by atoms with van der Waals surface area (Å²) in [5.41, 5.74) is 0.594. The maximum Gasteiger partial charge on any atom is 0.123 e. The first-order chi connectivity index (χ1) is 5.74. The highest BCUT2D eigenvalue weighted by Gasteiger charge is 2.00. The number of aromatic hydroxyl groups is 1. The Morgan fingerprint density at radius 1 is 1.50 bits per heavy atom. The van der Waals surface area contributed by atoms with Gasteiger partial charge in [-0.05, 0) is 24.7 Å². The van der Waals surface area contributed by atoms with E-state index in [2.05, 4.69) is 5.32 Å². The molecule has 0 radical (unpaired) electrons.